The third-order valence-corrected chi connectivity index (χ3v) is 3.26. The van der Waals surface area contributed by atoms with Crippen molar-refractivity contribution in [2.75, 3.05) is 10.6 Å². The number of nitrogens with one attached hydrogen (secondary N) is 2. The molecule has 0 bridgehead atoms. The zero-order valence-electron chi connectivity index (χ0n) is 12.3. The average molecular weight is 352 g/mol. The minimum absolute atomic E-state index is 0.0494. The van der Waals surface area contributed by atoms with Gasteiger partial charge in [0.25, 0.3) is 11.6 Å². The van der Waals surface area contributed by atoms with Crippen LogP contribution in [0.25, 0.3) is 0 Å². The summed E-state index contributed by atoms with van der Waals surface area (Å²) in [5.74, 6) is -1.80. The van der Waals surface area contributed by atoms with Gasteiger partial charge in [-0.05, 0) is 24.3 Å². The number of anilines is 2. The number of hydrogen-bond donors (Lipinski definition) is 2. The fraction of sp³-hybridized carbons (Fsp3) is 0.0667. The van der Waals surface area contributed by atoms with Crippen LogP contribution in [0.3, 0.4) is 0 Å². The van der Waals surface area contributed by atoms with E-state index < -0.39 is 16.6 Å². The van der Waals surface area contributed by atoms with Gasteiger partial charge in [-0.1, -0.05) is 11.6 Å². The Hall–Kier alpha value is -3.00. The molecular formula is C15H11ClFN3O4. The summed E-state index contributed by atoms with van der Waals surface area (Å²) in [4.78, 5) is 33.2. The number of hydrogen-bond acceptors (Lipinski definition) is 4. The van der Waals surface area contributed by atoms with Gasteiger partial charge in [-0.3, -0.25) is 19.7 Å². The Balaban J connectivity index is 2.26. The van der Waals surface area contributed by atoms with E-state index >= 15 is 0 Å². The van der Waals surface area contributed by atoms with E-state index in [9.17, 15) is 24.1 Å². The molecule has 2 aromatic rings. The Labute approximate surface area is 140 Å². The van der Waals surface area contributed by atoms with Crippen LogP contribution in [-0.2, 0) is 4.79 Å². The summed E-state index contributed by atoms with van der Waals surface area (Å²) in [6.07, 6.45) is 0. The molecule has 2 rings (SSSR count). The molecule has 124 valence electrons. The fourth-order valence-electron chi connectivity index (χ4n) is 1.89. The van der Waals surface area contributed by atoms with Crippen molar-refractivity contribution in [2.45, 2.75) is 6.92 Å². The number of rotatable bonds is 4. The van der Waals surface area contributed by atoms with Gasteiger partial charge < -0.3 is 10.6 Å². The minimum atomic E-state index is -0.742. The number of non-ortho nitro benzene ring substituents is 1. The molecule has 2 amide bonds. The number of carbonyl (C=O) groups excluding carboxylic acids is 2. The maximum atomic E-state index is 13.8. The lowest BCUT2D eigenvalue weighted by Gasteiger charge is -2.10. The molecule has 0 fully saturated rings. The Morgan fingerprint density at radius 1 is 1.17 bits per heavy atom. The maximum absolute atomic E-state index is 13.8. The number of halogens is 2. The van der Waals surface area contributed by atoms with Gasteiger partial charge in [0, 0.05) is 24.7 Å². The monoisotopic (exact) mass is 351 g/mol. The summed E-state index contributed by atoms with van der Waals surface area (Å²) in [5.41, 5.74) is -0.184. The molecule has 0 atom stereocenters. The Bertz CT molecular complexity index is 841. The molecule has 0 saturated heterocycles. The lowest BCUT2D eigenvalue weighted by molar-refractivity contribution is -0.384. The number of benzene rings is 2. The molecule has 0 aliphatic heterocycles. The minimum Gasteiger partial charge on any atom is -0.326 e. The number of carbonyl (C=O) groups is 2. The molecule has 2 N–H and O–H groups in total. The lowest BCUT2D eigenvalue weighted by Crippen LogP contribution is -2.14. The average Bonchev–Trinajstić information content (AvgIpc) is 2.49. The van der Waals surface area contributed by atoms with Crippen LogP contribution < -0.4 is 10.6 Å². The van der Waals surface area contributed by atoms with E-state index in [0.29, 0.717) is 5.69 Å². The van der Waals surface area contributed by atoms with Gasteiger partial charge in [-0.2, -0.15) is 0 Å². The Morgan fingerprint density at radius 2 is 1.88 bits per heavy atom. The second-order valence-corrected chi connectivity index (χ2v) is 5.16. The van der Waals surface area contributed by atoms with Gasteiger partial charge in [0.15, 0.2) is 0 Å². The third kappa shape index (κ3) is 4.05. The van der Waals surface area contributed by atoms with Crippen LogP contribution in [-0.4, -0.2) is 16.7 Å². The lowest BCUT2D eigenvalue weighted by atomic mass is 10.2. The van der Waals surface area contributed by atoms with Crippen LogP contribution in [0.4, 0.5) is 21.5 Å². The first-order valence-corrected chi connectivity index (χ1v) is 6.98. The van der Waals surface area contributed by atoms with E-state index in [4.69, 9.17) is 11.6 Å². The topological polar surface area (TPSA) is 101 Å². The normalized spacial score (nSPS) is 10.1. The summed E-state index contributed by atoms with van der Waals surface area (Å²) in [7, 11) is 0. The van der Waals surface area contributed by atoms with E-state index in [1.165, 1.54) is 25.1 Å². The number of amides is 2. The predicted octanol–water partition coefficient (Wildman–Crippen LogP) is 3.60. The molecule has 0 saturated carbocycles. The van der Waals surface area contributed by atoms with E-state index in [-0.39, 0.29) is 27.9 Å². The van der Waals surface area contributed by atoms with Crippen LogP contribution in [0, 0.1) is 15.9 Å². The largest absolute Gasteiger partial charge is 0.326 e. The van der Waals surface area contributed by atoms with Crippen molar-refractivity contribution in [3.63, 3.8) is 0 Å². The van der Waals surface area contributed by atoms with Crippen LogP contribution in [0.1, 0.15) is 17.3 Å². The highest BCUT2D eigenvalue weighted by Gasteiger charge is 2.16. The van der Waals surface area contributed by atoms with E-state index in [2.05, 4.69) is 10.6 Å². The molecule has 2 aromatic carbocycles. The van der Waals surface area contributed by atoms with Gasteiger partial charge in [0.1, 0.15) is 5.82 Å². The fourth-order valence-corrected chi connectivity index (χ4v) is 2.15. The first-order valence-electron chi connectivity index (χ1n) is 6.60. The summed E-state index contributed by atoms with van der Waals surface area (Å²) < 4.78 is 13.8. The maximum Gasteiger partial charge on any atom is 0.270 e. The van der Waals surface area contributed by atoms with Gasteiger partial charge >= 0.3 is 0 Å². The summed E-state index contributed by atoms with van der Waals surface area (Å²) in [5, 5.41) is 15.3. The zero-order chi connectivity index (χ0) is 17.9. The van der Waals surface area contributed by atoms with Gasteiger partial charge in [-0.15, -0.1) is 0 Å². The van der Waals surface area contributed by atoms with Gasteiger partial charge in [-0.25, -0.2) is 4.39 Å². The summed E-state index contributed by atoms with van der Waals surface area (Å²) in [6, 6.07) is 6.98. The quantitative estimate of drug-likeness (QED) is 0.649. The van der Waals surface area contributed by atoms with E-state index in [1.807, 2.05) is 0 Å². The van der Waals surface area contributed by atoms with Crippen LogP contribution in [0.15, 0.2) is 36.4 Å². The Kier molecular flexibility index (Phi) is 5.10. The smallest absolute Gasteiger partial charge is 0.270 e. The SMILES string of the molecule is CC(=O)Nc1ccc(F)c(NC(=O)c2ccc([N+](=O)[O-])cc2Cl)c1. The molecule has 7 nitrogen and oxygen atoms in total. The van der Waals surface area contributed by atoms with Gasteiger partial charge in [0.2, 0.25) is 5.91 Å². The van der Waals surface area contributed by atoms with Crippen molar-refractivity contribution < 1.29 is 18.9 Å². The van der Waals surface area contributed by atoms with Crippen molar-refractivity contribution in [3.8, 4) is 0 Å². The van der Waals surface area contributed by atoms with Gasteiger partial charge in [0.05, 0.1) is 21.2 Å². The van der Waals surface area contributed by atoms with Crippen LogP contribution in [0.5, 0.6) is 0 Å². The molecule has 0 aliphatic rings. The number of nitrogens with zero attached hydrogens (tertiary/aromatic N) is 1. The molecule has 0 unspecified atom stereocenters. The Morgan fingerprint density at radius 3 is 2.46 bits per heavy atom. The molecule has 0 radical (unpaired) electrons. The second-order valence-electron chi connectivity index (χ2n) is 4.75. The van der Waals surface area contributed by atoms with Crippen molar-refractivity contribution in [1.82, 2.24) is 0 Å². The second kappa shape index (κ2) is 7.05. The predicted molar refractivity (Wildman–Crippen MR) is 86.8 cm³/mol. The zero-order valence-corrected chi connectivity index (χ0v) is 13.1. The van der Waals surface area contributed by atoms with Crippen molar-refractivity contribution in [2.24, 2.45) is 0 Å². The van der Waals surface area contributed by atoms with Crippen molar-refractivity contribution in [1.29, 1.82) is 0 Å². The van der Waals surface area contributed by atoms with E-state index in [0.717, 1.165) is 18.2 Å². The molecule has 0 spiro atoms. The standard InChI is InChI=1S/C15H11ClFN3O4/c1-8(21)18-9-2-5-13(17)14(6-9)19-15(22)11-4-3-10(20(23)24)7-12(11)16/h2-7H,1H3,(H,18,21)(H,19,22). The van der Waals surface area contributed by atoms with E-state index in [1.54, 1.807) is 0 Å². The highest BCUT2D eigenvalue weighted by molar-refractivity contribution is 6.34. The van der Waals surface area contributed by atoms with Crippen molar-refractivity contribution >= 4 is 40.5 Å². The number of nitro groups is 1. The third-order valence-electron chi connectivity index (χ3n) is 2.94. The summed E-state index contributed by atoms with van der Waals surface area (Å²) in [6.45, 7) is 1.29. The summed E-state index contributed by atoms with van der Waals surface area (Å²) >= 11 is 5.86. The molecule has 0 heterocycles. The molecule has 0 aliphatic carbocycles. The van der Waals surface area contributed by atoms with Crippen molar-refractivity contribution in [3.05, 3.63) is 62.9 Å². The highest BCUT2D eigenvalue weighted by Crippen LogP contribution is 2.25. The first kappa shape index (κ1) is 17.4. The first-order chi connectivity index (χ1) is 11.3. The molecule has 24 heavy (non-hydrogen) atoms. The van der Waals surface area contributed by atoms with Crippen LogP contribution in [0.2, 0.25) is 5.02 Å². The molecular weight excluding hydrogens is 341 g/mol. The molecule has 0 aromatic heterocycles. The highest BCUT2D eigenvalue weighted by atomic mass is 35.5. The number of nitro benzene ring substituents is 1. The molecule has 9 heteroatoms. The van der Waals surface area contributed by atoms with Crippen LogP contribution >= 0.6 is 11.6 Å².